The Morgan fingerprint density at radius 3 is 2.17 bits per heavy atom. The summed E-state index contributed by atoms with van der Waals surface area (Å²) in [7, 11) is 0. The second-order valence-corrected chi connectivity index (χ2v) is 9.26. The van der Waals surface area contributed by atoms with Crippen LogP contribution in [0.15, 0.2) is 24.3 Å². The number of anilines is 1. The van der Waals surface area contributed by atoms with Gasteiger partial charge in [-0.05, 0) is 46.8 Å². The predicted octanol–water partition coefficient (Wildman–Crippen LogP) is 1.64. The van der Waals surface area contributed by atoms with Crippen LogP contribution < -0.4 is 10.2 Å². The van der Waals surface area contributed by atoms with Crippen molar-refractivity contribution in [3.63, 3.8) is 0 Å². The fourth-order valence-electron chi connectivity index (χ4n) is 3.85. The summed E-state index contributed by atoms with van der Waals surface area (Å²) < 4.78 is 0. The molecule has 2 fully saturated rings. The molecule has 1 aromatic carbocycles. The van der Waals surface area contributed by atoms with Crippen LogP contribution in [0.3, 0.4) is 0 Å². The van der Waals surface area contributed by atoms with Crippen molar-refractivity contribution in [2.45, 2.75) is 46.2 Å². The van der Waals surface area contributed by atoms with Crippen molar-refractivity contribution in [1.82, 2.24) is 20.0 Å². The van der Waals surface area contributed by atoms with Gasteiger partial charge in [0.2, 0.25) is 5.91 Å². The monoisotopic (exact) mass is 415 g/mol. The van der Waals surface area contributed by atoms with E-state index in [0.717, 1.165) is 24.3 Å². The zero-order valence-electron chi connectivity index (χ0n) is 18.6. The highest BCUT2D eigenvalue weighted by atomic mass is 16.2. The van der Waals surface area contributed by atoms with E-state index in [1.54, 1.807) is 11.8 Å². The average molecular weight is 416 g/mol. The number of aryl methyl sites for hydroxylation is 1. The summed E-state index contributed by atoms with van der Waals surface area (Å²) in [6, 6.07) is 6.85. The largest absolute Gasteiger partial charge is 0.350 e. The van der Waals surface area contributed by atoms with Gasteiger partial charge in [0.05, 0.1) is 13.2 Å². The fraction of sp³-hybridized carbons (Fsp3) is 0.591. The van der Waals surface area contributed by atoms with E-state index in [4.69, 9.17) is 0 Å². The van der Waals surface area contributed by atoms with Crippen molar-refractivity contribution in [2.75, 3.05) is 44.3 Å². The zero-order chi connectivity index (χ0) is 22.1. The summed E-state index contributed by atoms with van der Waals surface area (Å²) in [6.45, 7) is 13.2. The van der Waals surface area contributed by atoms with Crippen molar-refractivity contribution >= 4 is 23.5 Å². The minimum Gasteiger partial charge on any atom is -0.350 e. The molecule has 8 nitrogen and oxygen atoms in total. The van der Waals surface area contributed by atoms with Crippen LogP contribution in [-0.4, -0.2) is 83.5 Å². The highest BCUT2D eigenvalue weighted by molar-refractivity contribution is 6.14. The van der Waals surface area contributed by atoms with Crippen molar-refractivity contribution in [2.24, 2.45) is 0 Å². The number of hydrogen-bond acceptors (Lipinski definition) is 5. The maximum atomic E-state index is 13.0. The van der Waals surface area contributed by atoms with E-state index in [2.05, 4.69) is 15.1 Å². The number of hydrogen-bond donors (Lipinski definition) is 1. The number of nitrogens with zero attached hydrogens (tertiary/aromatic N) is 4. The summed E-state index contributed by atoms with van der Waals surface area (Å²) in [5, 5.41) is 2.98. The highest BCUT2D eigenvalue weighted by Gasteiger charge is 2.44. The molecule has 0 aliphatic carbocycles. The molecule has 0 aromatic heterocycles. The lowest BCUT2D eigenvalue weighted by molar-refractivity contribution is -0.128. The first-order chi connectivity index (χ1) is 14.0. The standard InChI is InChI=1S/C22H33N5O3/c1-16-6-8-18(9-7-16)27-17(2)20(29)26(21(27)30)15-25-12-10-24(11-13-25)14-19(28)23-22(3,4)5/h6-9,17H,10-15H2,1-5H3,(H,23,28)/t17-/m1/s1. The lowest BCUT2D eigenvalue weighted by atomic mass is 10.1. The molecule has 2 heterocycles. The SMILES string of the molecule is Cc1ccc(N2C(=O)N(CN3CCN(CC(=O)NC(C)(C)C)CC3)C(=O)[C@H]2C)cc1. The second kappa shape index (κ2) is 8.73. The summed E-state index contributed by atoms with van der Waals surface area (Å²) >= 11 is 0. The molecule has 0 radical (unpaired) electrons. The van der Waals surface area contributed by atoms with Crippen LogP contribution in [0.4, 0.5) is 10.5 Å². The van der Waals surface area contributed by atoms with Crippen molar-refractivity contribution in [3.05, 3.63) is 29.8 Å². The molecule has 2 aliphatic heterocycles. The molecule has 164 valence electrons. The van der Waals surface area contributed by atoms with Crippen LogP contribution in [-0.2, 0) is 9.59 Å². The molecular formula is C22H33N5O3. The maximum Gasteiger partial charge on any atom is 0.333 e. The Morgan fingerprint density at radius 1 is 1.03 bits per heavy atom. The molecule has 1 aromatic rings. The lowest BCUT2D eigenvalue weighted by Crippen LogP contribution is -2.54. The van der Waals surface area contributed by atoms with Gasteiger partial charge in [-0.25, -0.2) is 9.69 Å². The normalized spacial score (nSPS) is 21.4. The van der Waals surface area contributed by atoms with Crippen LogP contribution in [0.1, 0.15) is 33.3 Å². The Bertz CT molecular complexity index is 794. The third-order valence-electron chi connectivity index (χ3n) is 5.45. The van der Waals surface area contributed by atoms with E-state index < -0.39 is 6.04 Å². The van der Waals surface area contributed by atoms with Crippen LogP contribution >= 0.6 is 0 Å². The minimum atomic E-state index is -0.511. The molecule has 2 saturated heterocycles. The van der Waals surface area contributed by atoms with Gasteiger partial charge < -0.3 is 5.32 Å². The van der Waals surface area contributed by atoms with Crippen LogP contribution in [0.5, 0.6) is 0 Å². The van der Waals surface area contributed by atoms with Gasteiger partial charge >= 0.3 is 6.03 Å². The maximum absolute atomic E-state index is 13.0. The number of imide groups is 1. The molecule has 0 spiro atoms. The Labute approximate surface area is 178 Å². The molecule has 1 N–H and O–H groups in total. The molecular weight excluding hydrogens is 382 g/mol. The second-order valence-electron chi connectivity index (χ2n) is 9.26. The number of urea groups is 1. The number of piperazine rings is 1. The topological polar surface area (TPSA) is 76.2 Å². The Morgan fingerprint density at radius 2 is 1.60 bits per heavy atom. The molecule has 3 rings (SSSR count). The molecule has 1 atom stereocenters. The smallest absolute Gasteiger partial charge is 0.333 e. The first-order valence-electron chi connectivity index (χ1n) is 10.5. The molecule has 4 amide bonds. The summed E-state index contributed by atoms with van der Waals surface area (Å²) in [4.78, 5) is 45.0. The van der Waals surface area contributed by atoms with Gasteiger partial charge in [0.15, 0.2) is 0 Å². The number of nitrogens with one attached hydrogen (secondary N) is 1. The number of rotatable bonds is 5. The molecule has 0 bridgehead atoms. The quantitative estimate of drug-likeness (QED) is 0.740. The average Bonchev–Trinajstić information content (AvgIpc) is 2.86. The van der Waals surface area contributed by atoms with Crippen molar-refractivity contribution < 1.29 is 14.4 Å². The van der Waals surface area contributed by atoms with Crippen LogP contribution in [0.2, 0.25) is 0 Å². The summed E-state index contributed by atoms with van der Waals surface area (Å²) in [5.74, 6) is -0.157. The van der Waals surface area contributed by atoms with Gasteiger partial charge in [-0.2, -0.15) is 0 Å². The first-order valence-corrected chi connectivity index (χ1v) is 10.5. The van der Waals surface area contributed by atoms with Crippen LogP contribution in [0.25, 0.3) is 0 Å². The lowest BCUT2D eigenvalue weighted by Gasteiger charge is -2.36. The van der Waals surface area contributed by atoms with Gasteiger partial charge in [0.1, 0.15) is 6.04 Å². The van der Waals surface area contributed by atoms with Gasteiger partial charge in [-0.15, -0.1) is 0 Å². The molecule has 0 unspecified atom stereocenters. The number of benzene rings is 1. The first kappa shape index (κ1) is 22.2. The van der Waals surface area contributed by atoms with E-state index in [1.165, 1.54) is 4.90 Å². The summed E-state index contributed by atoms with van der Waals surface area (Å²) in [5.41, 5.74) is 1.61. The summed E-state index contributed by atoms with van der Waals surface area (Å²) in [6.07, 6.45) is 0. The van der Waals surface area contributed by atoms with Gasteiger partial charge in [-0.1, -0.05) is 17.7 Å². The minimum absolute atomic E-state index is 0.0170. The number of carbonyl (C=O) groups excluding carboxylic acids is 3. The third kappa shape index (κ3) is 5.17. The third-order valence-corrected chi connectivity index (χ3v) is 5.45. The molecule has 2 aliphatic rings. The van der Waals surface area contributed by atoms with Gasteiger partial charge in [0.25, 0.3) is 5.91 Å². The molecule has 8 heteroatoms. The van der Waals surface area contributed by atoms with Gasteiger partial charge in [-0.3, -0.25) is 24.3 Å². The van der Waals surface area contributed by atoms with E-state index in [0.29, 0.717) is 19.6 Å². The van der Waals surface area contributed by atoms with E-state index in [9.17, 15) is 14.4 Å². The predicted molar refractivity (Wildman–Crippen MR) is 116 cm³/mol. The number of amides is 4. The number of carbonyl (C=O) groups is 3. The fourth-order valence-corrected chi connectivity index (χ4v) is 3.85. The Hall–Kier alpha value is -2.45. The highest BCUT2D eigenvalue weighted by Crippen LogP contribution is 2.26. The van der Waals surface area contributed by atoms with Crippen molar-refractivity contribution in [3.8, 4) is 0 Å². The molecule has 0 saturated carbocycles. The Kier molecular flexibility index (Phi) is 6.47. The van der Waals surface area contributed by atoms with E-state index >= 15 is 0 Å². The van der Waals surface area contributed by atoms with Crippen molar-refractivity contribution in [1.29, 1.82) is 0 Å². The van der Waals surface area contributed by atoms with Crippen LogP contribution in [0, 0.1) is 6.92 Å². The van der Waals surface area contributed by atoms with E-state index in [1.807, 2.05) is 52.0 Å². The van der Waals surface area contributed by atoms with E-state index in [-0.39, 0.29) is 30.1 Å². The Balaban J connectivity index is 1.54. The molecule has 30 heavy (non-hydrogen) atoms. The zero-order valence-corrected chi connectivity index (χ0v) is 18.6. The van der Waals surface area contributed by atoms with Gasteiger partial charge in [0, 0.05) is 37.4 Å².